The minimum absolute atomic E-state index is 0.0694. The standard InChI is InChI=1S/C20H36N4O4/c1-13(2)20(5,6)12-19(3,4)10-16(26)21-9-8-15(25)23-14-11-22-18(28)24(7)17(14)27/h13-14H,8-12H2,1-7H3,(H,21,26)(H,22,28)(H,23,25)/t14-/m1/s1. The van der Waals surface area contributed by atoms with Gasteiger partial charge in [-0.05, 0) is 23.2 Å². The van der Waals surface area contributed by atoms with Crippen LogP contribution in [0.4, 0.5) is 4.79 Å². The van der Waals surface area contributed by atoms with E-state index < -0.39 is 18.0 Å². The van der Waals surface area contributed by atoms with E-state index in [1.807, 2.05) is 0 Å². The van der Waals surface area contributed by atoms with E-state index in [0.29, 0.717) is 12.3 Å². The fourth-order valence-corrected chi connectivity index (χ4v) is 3.42. The second kappa shape index (κ2) is 9.39. The Morgan fingerprint density at radius 2 is 1.79 bits per heavy atom. The van der Waals surface area contributed by atoms with Crippen LogP contribution in [0, 0.1) is 16.7 Å². The Balaban J connectivity index is 2.38. The zero-order valence-corrected chi connectivity index (χ0v) is 18.3. The number of hydrogen-bond donors (Lipinski definition) is 3. The maximum Gasteiger partial charge on any atom is 0.323 e. The molecule has 8 heteroatoms. The molecule has 28 heavy (non-hydrogen) atoms. The Bertz CT molecular complexity index is 613. The molecule has 1 aliphatic heterocycles. The van der Waals surface area contributed by atoms with Crippen molar-refractivity contribution in [3.8, 4) is 0 Å². The minimum atomic E-state index is -0.775. The van der Waals surface area contributed by atoms with Gasteiger partial charge in [0.1, 0.15) is 6.04 Å². The summed E-state index contributed by atoms with van der Waals surface area (Å²) in [5.74, 6) is -0.359. The van der Waals surface area contributed by atoms with E-state index >= 15 is 0 Å². The second-order valence-corrected chi connectivity index (χ2v) is 9.46. The van der Waals surface area contributed by atoms with Crippen molar-refractivity contribution in [1.82, 2.24) is 20.9 Å². The molecule has 1 saturated heterocycles. The van der Waals surface area contributed by atoms with Crippen molar-refractivity contribution in [3.05, 3.63) is 0 Å². The van der Waals surface area contributed by atoms with Crippen LogP contribution in [-0.2, 0) is 14.4 Å². The van der Waals surface area contributed by atoms with Crippen LogP contribution in [0.3, 0.4) is 0 Å². The molecule has 0 unspecified atom stereocenters. The fraction of sp³-hybridized carbons (Fsp3) is 0.800. The van der Waals surface area contributed by atoms with E-state index in [9.17, 15) is 19.2 Å². The van der Waals surface area contributed by atoms with Crippen molar-refractivity contribution in [2.45, 2.75) is 66.8 Å². The summed E-state index contributed by atoms with van der Waals surface area (Å²) in [6, 6.07) is -1.26. The number of hydrogen-bond acceptors (Lipinski definition) is 4. The lowest BCUT2D eigenvalue weighted by Gasteiger charge is -2.37. The number of amides is 5. The first-order valence-corrected chi connectivity index (χ1v) is 9.86. The van der Waals surface area contributed by atoms with Crippen molar-refractivity contribution in [2.75, 3.05) is 20.1 Å². The molecule has 0 aliphatic carbocycles. The van der Waals surface area contributed by atoms with Gasteiger partial charge < -0.3 is 16.0 Å². The van der Waals surface area contributed by atoms with Gasteiger partial charge in [0.25, 0.3) is 5.91 Å². The van der Waals surface area contributed by atoms with Crippen LogP contribution in [0.15, 0.2) is 0 Å². The van der Waals surface area contributed by atoms with Gasteiger partial charge in [0.2, 0.25) is 11.8 Å². The second-order valence-electron chi connectivity index (χ2n) is 9.46. The summed E-state index contributed by atoms with van der Waals surface area (Å²) in [6.07, 6.45) is 1.39. The van der Waals surface area contributed by atoms with Gasteiger partial charge in [-0.15, -0.1) is 0 Å². The molecule has 0 radical (unpaired) electrons. The van der Waals surface area contributed by atoms with Crippen molar-refractivity contribution < 1.29 is 19.2 Å². The summed E-state index contributed by atoms with van der Waals surface area (Å²) in [5.41, 5.74) is -0.00377. The summed E-state index contributed by atoms with van der Waals surface area (Å²) >= 11 is 0. The van der Waals surface area contributed by atoms with Crippen LogP contribution in [0.2, 0.25) is 0 Å². The summed E-state index contributed by atoms with van der Waals surface area (Å²) < 4.78 is 0. The lowest BCUT2D eigenvalue weighted by molar-refractivity contribution is -0.134. The Morgan fingerprint density at radius 3 is 2.36 bits per heavy atom. The van der Waals surface area contributed by atoms with Crippen molar-refractivity contribution in [2.24, 2.45) is 16.7 Å². The molecule has 3 N–H and O–H groups in total. The molecule has 0 aromatic rings. The molecule has 1 rings (SSSR count). The van der Waals surface area contributed by atoms with Crippen molar-refractivity contribution in [1.29, 1.82) is 0 Å². The summed E-state index contributed by atoms with van der Waals surface area (Å²) in [7, 11) is 1.36. The molecule has 0 aromatic carbocycles. The number of carbonyl (C=O) groups excluding carboxylic acids is 4. The number of imide groups is 1. The minimum Gasteiger partial charge on any atom is -0.356 e. The molecule has 0 bridgehead atoms. The van der Waals surface area contributed by atoms with Crippen LogP contribution in [-0.4, -0.2) is 54.8 Å². The van der Waals surface area contributed by atoms with Crippen LogP contribution >= 0.6 is 0 Å². The Labute approximate surface area is 168 Å². The molecular formula is C20H36N4O4. The van der Waals surface area contributed by atoms with Gasteiger partial charge in [0, 0.05) is 33.0 Å². The summed E-state index contributed by atoms with van der Waals surface area (Å²) in [4.78, 5) is 48.5. The zero-order valence-electron chi connectivity index (χ0n) is 18.3. The quantitative estimate of drug-likeness (QED) is 0.551. The first-order valence-electron chi connectivity index (χ1n) is 9.86. The Hall–Kier alpha value is -2.12. The molecule has 0 spiro atoms. The van der Waals surface area contributed by atoms with E-state index in [0.717, 1.165) is 11.3 Å². The topological polar surface area (TPSA) is 108 Å². The SMILES string of the molecule is CC(C)C(C)(C)CC(C)(C)CC(=O)NCCC(=O)N[C@@H]1CNC(=O)N(C)C1=O. The first kappa shape index (κ1) is 23.9. The van der Waals surface area contributed by atoms with E-state index in [2.05, 4.69) is 57.5 Å². The van der Waals surface area contributed by atoms with Crippen molar-refractivity contribution in [3.63, 3.8) is 0 Å². The molecule has 1 aliphatic rings. The predicted molar refractivity (Wildman–Crippen MR) is 107 cm³/mol. The molecule has 0 saturated carbocycles. The average molecular weight is 397 g/mol. The molecule has 0 aromatic heterocycles. The van der Waals surface area contributed by atoms with Gasteiger partial charge >= 0.3 is 6.03 Å². The van der Waals surface area contributed by atoms with Gasteiger partial charge in [-0.2, -0.15) is 0 Å². The van der Waals surface area contributed by atoms with E-state index in [1.165, 1.54) is 7.05 Å². The number of nitrogens with one attached hydrogen (secondary N) is 3. The van der Waals surface area contributed by atoms with Gasteiger partial charge in [0.15, 0.2) is 0 Å². The first-order chi connectivity index (χ1) is 12.7. The largest absolute Gasteiger partial charge is 0.356 e. The van der Waals surface area contributed by atoms with Gasteiger partial charge in [-0.3, -0.25) is 19.3 Å². The number of nitrogens with zero attached hydrogens (tertiary/aromatic N) is 1. The zero-order chi connectivity index (χ0) is 21.7. The highest BCUT2D eigenvalue weighted by molar-refractivity contribution is 6.01. The van der Waals surface area contributed by atoms with E-state index in [4.69, 9.17) is 0 Å². The highest BCUT2D eigenvalue weighted by atomic mass is 16.2. The third kappa shape index (κ3) is 7.13. The third-order valence-electron chi connectivity index (χ3n) is 5.54. The molecule has 160 valence electrons. The average Bonchev–Trinajstić information content (AvgIpc) is 2.53. The lowest BCUT2D eigenvalue weighted by Crippen LogP contribution is -2.61. The third-order valence-corrected chi connectivity index (χ3v) is 5.54. The Kier molecular flexibility index (Phi) is 8.02. The molecule has 1 atom stereocenters. The summed E-state index contributed by atoms with van der Waals surface area (Å²) in [6.45, 7) is 13.3. The fourth-order valence-electron chi connectivity index (χ4n) is 3.42. The smallest absolute Gasteiger partial charge is 0.323 e. The maximum absolute atomic E-state index is 12.3. The molecule has 5 amide bonds. The number of likely N-dealkylation sites (N-methyl/N-ethyl adjacent to an activating group) is 1. The van der Waals surface area contributed by atoms with Crippen LogP contribution in [0.25, 0.3) is 0 Å². The van der Waals surface area contributed by atoms with Gasteiger partial charge in [-0.1, -0.05) is 41.5 Å². The molecule has 1 fully saturated rings. The van der Waals surface area contributed by atoms with Gasteiger partial charge in [0.05, 0.1) is 0 Å². The normalized spacial score (nSPS) is 18.1. The highest BCUT2D eigenvalue weighted by Crippen LogP contribution is 2.40. The molecular weight excluding hydrogens is 360 g/mol. The number of rotatable bonds is 9. The predicted octanol–water partition coefficient (Wildman–Crippen LogP) is 1.65. The monoisotopic (exact) mass is 396 g/mol. The van der Waals surface area contributed by atoms with Crippen LogP contribution in [0.5, 0.6) is 0 Å². The van der Waals surface area contributed by atoms with E-state index in [1.54, 1.807) is 0 Å². The highest BCUT2D eigenvalue weighted by Gasteiger charge is 2.33. The summed E-state index contributed by atoms with van der Waals surface area (Å²) in [5, 5.41) is 7.90. The van der Waals surface area contributed by atoms with Crippen molar-refractivity contribution >= 4 is 23.8 Å². The number of carbonyl (C=O) groups is 4. The molecule has 8 nitrogen and oxygen atoms in total. The number of urea groups is 1. The Morgan fingerprint density at radius 1 is 1.18 bits per heavy atom. The van der Waals surface area contributed by atoms with Gasteiger partial charge in [-0.25, -0.2) is 4.79 Å². The lowest BCUT2D eigenvalue weighted by atomic mass is 9.68. The van der Waals surface area contributed by atoms with E-state index in [-0.39, 0.29) is 42.2 Å². The maximum atomic E-state index is 12.3. The van der Waals surface area contributed by atoms with Crippen LogP contribution < -0.4 is 16.0 Å². The molecule has 1 heterocycles. The van der Waals surface area contributed by atoms with Crippen LogP contribution in [0.1, 0.15) is 60.8 Å².